The molecule has 0 bridgehead atoms. The Kier molecular flexibility index (Phi) is 1.81. The highest BCUT2D eigenvalue weighted by Gasteiger charge is 2.62. The van der Waals surface area contributed by atoms with Crippen molar-refractivity contribution in [3.05, 3.63) is 29.8 Å². The topological polar surface area (TPSA) is 55.1 Å². The first-order valence-corrected chi connectivity index (χ1v) is 4.14. The Morgan fingerprint density at radius 3 is 2.47 bits per heavy atom. The molecule has 80 valence electrons. The summed E-state index contributed by atoms with van der Waals surface area (Å²) in [6.07, 6.45) is -4.80. The fourth-order valence-corrected chi connectivity index (χ4v) is 1.56. The molecule has 0 radical (unpaired) electrons. The predicted molar refractivity (Wildman–Crippen MR) is 47.0 cm³/mol. The molecular weight excluding hydrogens is 209 g/mol. The molecule has 1 amide bonds. The summed E-state index contributed by atoms with van der Waals surface area (Å²) < 4.78 is 38.1. The van der Waals surface area contributed by atoms with Gasteiger partial charge in [-0.1, -0.05) is 18.2 Å². The smallest absolute Gasteiger partial charge is 0.324 e. The molecule has 15 heavy (non-hydrogen) atoms. The zero-order valence-corrected chi connectivity index (χ0v) is 7.43. The summed E-state index contributed by atoms with van der Waals surface area (Å²) in [4.78, 5) is 11.2. The lowest BCUT2D eigenvalue weighted by Gasteiger charge is -2.24. The van der Waals surface area contributed by atoms with Gasteiger partial charge in [0.25, 0.3) is 5.91 Å². The van der Waals surface area contributed by atoms with Crippen LogP contribution < -0.4 is 11.1 Å². The van der Waals surface area contributed by atoms with Crippen LogP contribution in [0.15, 0.2) is 24.3 Å². The van der Waals surface area contributed by atoms with Crippen molar-refractivity contribution in [2.45, 2.75) is 11.7 Å². The van der Waals surface area contributed by atoms with Gasteiger partial charge >= 0.3 is 6.18 Å². The Morgan fingerprint density at radius 1 is 1.27 bits per heavy atom. The van der Waals surface area contributed by atoms with E-state index in [1.807, 2.05) is 0 Å². The number of halogens is 3. The van der Waals surface area contributed by atoms with E-state index in [2.05, 4.69) is 5.32 Å². The maximum Gasteiger partial charge on any atom is 0.419 e. The zero-order valence-electron chi connectivity index (χ0n) is 7.43. The number of carbonyl (C=O) groups is 1. The third kappa shape index (κ3) is 1.14. The first kappa shape index (κ1) is 9.97. The van der Waals surface area contributed by atoms with Gasteiger partial charge in [-0.25, -0.2) is 0 Å². The highest BCUT2D eigenvalue weighted by molar-refractivity contribution is 6.06. The Bertz CT molecular complexity index is 430. The molecular formula is C9H7F3N2O. The van der Waals surface area contributed by atoms with Gasteiger partial charge in [0.15, 0.2) is 0 Å². The SMILES string of the molecule is NC1(C(F)(F)F)C(=O)Nc2ccccc21. The monoisotopic (exact) mass is 216 g/mol. The maximum absolute atomic E-state index is 12.7. The molecule has 1 atom stereocenters. The summed E-state index contributed by atoms with van der Waals surface area (Å²) in [5, 5.41) is 2.11. The molecule has 0 saturated carbocycles. The molecule has 0 aliphatic carbocycles. The average molecular weight is 216 g/mol. The number of hydrogen-bond donors (Lipinski definition) is 2. The zero-order chi connectivity index (χ0) is 11.3. The number of nitrogens with one attached hydrogen (secondary N) is 1. The maximum atomic E-state index is 12.7. The normalized spacial score (nSPS) is 24.9. The second kappa shape index (κ2) is 2.73. The molecule has 3 N–H and O–H groups in total. The van der Waals surface area contributed by atoms with Crippen LogP contribution in [0.4, 0.5) is 18.9 Å². The van der Waals surface area contributed by atoms with E-state index in [0.717, 1.165) is 0 Å². The van der Waals surface area contributed by atoms with Crippen LogP contribution >= 0.6 is 0 Å². The molecule has 1 heterocycles. The Labute approximate surface area is 83.1 Å². The third-order valence-corrected chi connectivity index (χ3v) is 2.41. The van der Waals surface area contributed by atoms with Crippen molar-refractivity contribution in [3.8, 4) is 0 Å². The number of benzene rings is 1. The fourth-order valence-electron chi connectivity index (χ4n) is 1.56. The molecule has 3 nitrogen and oxygen atoms in total. The van der Waals surface area contributed by atoms with E-state index in [1.165, 1.54) is 24.3 Å². The summed E-state index contributed by atoms with van der Waals surface area (Å²) in [6, 6.07) is 5.52. The number of hydrogen-bond acceptors (Lipinski definition) is 2. The van der Waals surface area contributed by atoms with Crippen LogP contribution in [0.3, 0.4) is 0 Å². The lowest BCUT2D eigenvalue weighted by Crippen LogP contribution is -2.55. The molecule has 1 aromatic rings. The van der Waals surface area contributed by atoms with Gasteiger partial charge in [-0.3, -0.25) is 4.79 Å². The molecule has 0 spiro atoms. The standard InChI is InChI=1S/C9H7F3N2O/c10-9(11,12)8(13)5-3-1-2-4-6(5)14-7(8)15/h1-4H,13H2,(H,14,15). The van der Waals surface area contributed by atoms with Crippen LogP contribution in [0.25, 0.3) is 0 Å². The molecule has 0 saturated heterocycles. The van der Waals surface area contributed by atoms with E-state index in [-0.39, 0.29) is 11.3 Å². The average Bonchev–Trinajstić information content (AvgIpc) is 2.40. The van der Waals surface area contributed by atoms with Gasteiger partial charge in [-0.2, -0.15) is 13.2 Å². The van der Waals surface area contributed by atoms with Gasteiger partial charge in [0.05, 0.1) is 0 Å². The minimum Gasteiger partial charge on any atom is -0.324 e. The van der Waals surface area contributed by atoms with Gasteiger partial charge in [-0.15, -0.1) is 0 Å². The van der Waals surface area contributed by atoms with Crippen LogP contribution in [0.1, 0.15) is 5.56 Å². The highest BCUT2D eigenvalue weighted by Crippen LogP contribution is 2.44. The van der Waals surface area contributed by atoms with Crippen molar-refractivity contribution in [3.63, 3.8) is 0 Å². The molecule has 6 heteroatoms. The Balaban J connectivity index is 2.65. The molecule has 1 aliphatic rings. The lowest BCUT2D eigenvalue weighted by molar-refractivity contribution is -0.189. The summed E-state index contributed by atoms with van der Waals surface area (Å²) >= 11 is 0. The van der Waals surface area contributed by atoms with Crippen molar-refractivity contribution >= 4 is 11.6 Å². The third-order valence-electron chi connectivity index (χ3n) is 2.41. The number of nitrogens with two attached hydrogens (primary N) is 1. The lowest BCUT2D eigenvalue weighted by atomic mass is 9.92. The quantitative estimate of drug-likeness (QED) is 0.687. The molecule has 0 fully saturated rings. The number of alkyl halides is 3. The number of fused-ring (bicyclic) bond motifs is 1. The van der Waals surface area contributed by atoms with Crippen molar-refractivity contribution in [1.29, 1.82) is 0 Å². The first-order valence-electron chi connectivity index (χ1n) is 4.14. The number of carbonyl (C=O) groups excluding carboxylic acids is 1. The minimum absolute atomic E-state index is 0.113. The van der Waals surface area contributed by atoms with Crippen LogP contribution in [-0.2, 0) is 10.3 Å². The van der Waals surface area contributed by atoms with Gasteiger partial charge in [-0.05, 0) is 6.07 Å². The van der Waals surface area contributed by atoms with Gasteiger partial charge in [0, 0.05) is 11.3 Å². The van der Waals surface area contributed by atoms with Crippen LogP contribution in [0, 0.1) is 0 Å². The van der Waals surface area contributed by atoms with Crippen molar-refractivity contribution in [2.75, 3.05) is 5.32 Å². The van der Waals surface area contributed by atoms with Crippen LogP contribution in [-0.4, -0.2) is 12.1 Å². The Morgan fingerprint density at radius 2 is 1.87 bits per heavy atom. The van der Waals surface area contributed by atoms with Gasteiger partial charge in [0.2, 0.25) is 5.54 Å². The number of anilines is 1. The second-order valence-electron chi connectivity index (χ2n) is 3.31. The summed E-state index contributed by atoms with van der Waals surface area (Å²) in [7, 11) is 0. The first-order chi connectivity index (χ1) is 6.87. The van der Waals surface area contributed by atoms with E-state index >= 15 is 0 Å². The van der Waals surface area contributed by atoms with Gasteiger partial charge < -0.3 is 11.1 Å². The molecule has 1 aromatic carbocycles. The van der Waals surface area contributed by atoms with E-state index in [1.54, 1.807) is 0 Å². The fraction of sp³-hybridized carbons (Fsp3) is 0.222. The summed E-state index contributed by atoms with van der Waals surface area (Å²) in [5.74, 6) is -1.24. The number of rotatable bonds is 0. The molecule has 0 aromatic heterocycles. The second-order valence-corrected chi connectivity index (χ2v) is 3.31. The van der Waals surface area contributed by atoms with E-state index in [4.69, 9.17) is 5.73 Å². The van der Waals surface area contributed by atoms with Crippen molar-refractivity contribution < 1.29 is 18.0 Å². The predicted octanol–water partition coefficient (Wildman–Crippen LogP) is 1.35. The summed E-state index contributed by atoms with van der Waals surface area (Å²) in [6.45, 7) is 0. The van der Waals surface area contributed by atoms with Crippen LogP contribution in [0.2, 0.25) is 0 Å². The molecule has 2 rings (SSSR count). The largest absolute Gasteiger partial charge is 0.419 e. The van der Waals surface area contributed by atoms with E-state index in [9.17, 15) is 18.0 Å². The summed E-state index contributed by atoms with van der Waals surface area (Å²) in [5.41, 5.74) is 2.11. The minimum atomic E-state index is -4.80. The van der Waals surface area contributed by atoms with E-state index in [0.29, 0.717) is 0 Å². The number of amides is 1. The van der Waals surface area contributed by atoms with Crippen molar-refractivity contribution in [2.24, 2.45) is 5.73 Å². The molecule has 1 unspecified atom stereocenters. The molecule has 1 aliphatic heterocycles. The van der Waals surface area contributed by atoms with E-state index < -0.39 is 17.6 Å². The van der Waals surface area contributed by atoms with Crippen LogP contribution in [0.5, 0.6) is 0 Å². The van der Waals surface area contributed by atoms with Crippen molar-refractivity contribution in [1.82, 2.24) is 0 Å². The Hall–Kier alpha value is -1.56. The highest BCUT2D eigenvalue weighted by atomic mass is 19.4. The number of para-hydroxylation sites is 1. The van der Waals surface area contributed by atoms with Gasteiger partial charge in [0.1, 0.15) is 0 Å².